The summed E-state index contributed by atoms with van der Waals surface area (Å²) in [6, 6.07) is 10.6. The van der Waals surface area contributed by atoms with Gasteiger partial charge in [-0.1, -0.05) is 30.3 Å². The average molecular weight is 446 g/mol. The summed E-state index contributed by atoms with van der Waals surface area (Å²) in [5.74, 6) is 0.238. The van der Waals surface area contributed by atoms with E-state index in [-0.39, 0.29) is 36.8 Å². The molecule has 0 radical (unpaired) electrons. The van der Waals surface area contributed by atoms with Crippen LogP contribution < -0.4 is 10.2 Å². The number of carbonyl (C=O) groups is 2. The lowest BCUT2D eigenvalue weighted by Gasteiger charge is -2.33. The quantitative estimate of drug-likeness (QED) is 0.430. The molecule has 0 saturated carbocycles. The van der Waals surface area contributed by atoms with Gasteiger partial charge in [0, 0.05) is 63.5 Å². The summed E-state index contributed by atoms with van der Waals surface area (Å²) >= 11 is 0. The van der Waals surface area contributed by atoms with Crippen LogP contribution in [0.5, 0.6) is 0 Å². The van der Waals surface area contributed by atoms with Gasteiger partial charge in [0.1, 0.15) is 0 Å². The van der Waals surface area contributed by atoms with Gasteiger partial charge in [0.15, 0.2) is 5.78 Å². The molecule has 10 heteroatoms. The van der Waals surface area contributed by atoms with Crippen molar-refractivity contribution in [1.82, 2.24) is 19.6 Å². The number of amides is 1. The van der Waals surface area contributed by atoms with E-state index in [0.717, 1.165) is 0 Å². The molecular weight excluding hydrogens is 418 g/mol. The van der Waals surface area contributed by atoms with Gasteiger partial charge in [0.05, 0.1) is 5.75 Å². The molecule has 1 amide bonds. The number of benzene rings is 1. The van der Waals surface area contributed by atoms with E-state index in [1.807, 2.05) is 11.0 Å². The molecule has 0 atom stereocenters. The highest BCUT2D eigenvalue weighted by Gasteiger charge is 2.27. The van der Waals surface area contributed by atoms with Crippen LogP contribution in [0.1, 0.15) is 29.6 Å². The molecule has 0 aliphatic carbocycles. The van der Waals surface area contributed by atoms with E-state index in [4.69, 9.17) is 0 Å². The fourth-order valence-corrected chi connectivity index (χ4v) is 4.80. The zero-order valence-corrected chi connectivity index (χ0v) is 18.1. The van der Waals surface area contributed by atoms with Crippen molar-refractivity contribution in [2.24, 2.45) is 0 Å². The Balaban J connectivity index is 1.33. The fraction of sp³-hybridized carbons (Fsp3) is 0.429. The lowest BCUT2D eigenvalue weighted by Crippen LogP contribution is -2.49. The Kier molecular flexibility index (Phi) is 8.07. The molecule has 1 aromatic carbocycles. The monoisotopic (exact) mass is 445 g/mol. The number of piperazine rings is 1. The van der Waals surface area contributed by atoms with Crippen molar-refractivity contribution < 1.29 is 18.0 Å². The molecule has 1 fully saturated rings. The Morgan fingerprint density at radius 3 is 2.29 bits per heavy atom. The number of ketones is 1. The first kappa shape index (κ1) is 22.8. The van der Waals surface area contributed by atoms with Crippen molar-refractivity contribution in [1.29, 1.82) is 0 Å². The van der Waals surface area contributed by atoms with E-state index in [9.17, 15) is 18.0 Å². The lowest BCUT2D eigenvalue weighted by atomic mass is 10.1. The van der Waals surface area contributed by atoms with Gasteiger partial charge < -0.3 is 10.2 Å². The summed E-state index contributed by atoms with van der Waals surface area (Å²) in [5.41, 5.74) is 0.584. The molecule has 1 aliphatic rings. The third-order valence-corrected chi connectivity index (χ3v) is 7.00. The molecule has 1 N–H and O–H groups in total. The molecule has 1 aromatic heterocycles. The SMILES string of the molecule is O=C(CCC(=O)c1ccccc1)NCCCS(=O)(=O)N1CCN(c2ncccn2)CC1. The summed E-state index contributed by atoms with van der Waals surface area (Å²) in [7, 11) is -3.39. The standard InChI is InChI=1S/C21H27N5O4S/c27-19(18-6-2-1-3-7-18)8-9-20(28)22-12-5-17-31(29,30)26-15-13-25(14-16-26)21-23-10-4-11-24-21/h1-4,6-7,10-11H,5,8-9,12-17H2,(H,22,28). The maximum atomic E-state index is 12.6. The van der Waals surface area contributed by atoms with E-state index >= 15 is 0 Å². The predicted octanol–water partition coefficient (Wildman–Crippen LogP) is 1.10. The molecular formula is C21H27N5O4S. The molecule has 0 unspecified atom stereocenters. The summed E-state index contributed by atoms with van der Waals surface area (Å²) in [4.78, 5) is 34.3. The minimum atomic E-state index is -3.39. The van der Waals surface area contributed by atoms with Crippen molar-refractivity contribution in [3.8, 4) is 0 Å². The second-order valence-electron chi connectivity index (χ2n) is 7.24. The van der Waals surface area contributed by atoms with Gasteiger partial charge >= 0.3 is 0 Å². The van der Waals surface area contributed by atoms with E-state index in [1.54, 1.807) is 42.7 Å². The summed E-state index contributed by atoms with van der Waals surface area (Å²) in [6.07, 6.45) is 3.87. The second-order valence-corrected chi connectivity index (χ2v) is 9.33. The molecule has 0 spiro atoms. The molecule has 1 aliphatic heterocycles. The lowest BCUT2D eigenvalue weighted by molar-refractivity contribution is -0.121. The molecule has 31 heavy (non-hydrogen) atoms. The highest BCUT2D eigenvalue weighted by molar-refractivity contribution is 7.89. The van der Waals surface area contributed by atoms with E-state index < -0.39 is 10.0 Å². The number of hydrogen-bond donors (Lipinski definition) is 1. The number of hydrogen-bond acceptors (Lipinski definition) is 7. The van der Waals surface area contributed by atoms with Crippen molar-refractivity contribution in [3.63, 3.8) is 0 Å². The second kappa shape index (κ2) is 11.0. The topological polar surface area (TPSA) is 113 Å². The summed E-state index contributed by atoms with van der Waals surface area (Å²) in [5, 5.41) is 2.69. The molecule has 166 valence electrons. The minimum absolute atomic E-state index is 0.0297. The Morgan fingerprint density at radius 1 is 0.935 bits per heavy atom. The zero-order valence-electron chi connectivity index (χ0n) is 17.3. The Bertz CT molecular complexity index is 962. The normalized spacial score (nSPS) is 14.9. The fourth-order valence-electron chi connectivity index (χ4n) is 3.32. The van der Waals surface area contributed by atoms with Crippen LogP contribution in [-0.4, -0.2) is 72.9 Å². The summed E-state index contributed by atoms with van der Waals surface area (Å²) < 4.78 is 26.6. The number of aromatic nitrogens is 2. The molecule has 9 nitrogen and oxygen atoms in total. The minimum Gasteiger partial charge on any atom is -0.356 e. The molecule has 0 bridgehead atoms. The van der Waals surface area contributed by atoms with Crippen LogP contribution in [0.15, 0.2) is 48.8 Å². The number of rotatable bonds is 10. The van der Waals surface area contributed by atoms with Crippen molar-refractivity contribution in [2.75, 3.05) is 43.4 Å². The van der Waals surface area contributed by atoms with Crippen LogP contribution in [0.3, 0.4) is 0 Å². The van der Waals surface area contributed by atoms with Gasteiger partial charge in [-0.25, -0.2) is 18.4 Å². The van der Waals surface area contributed by atoms with Crippen LogP contribution in [0, 0.1) is 0 Å². The van der Waals surface area contributed by atoms with Crippen LogP contribution >= 0.6 is 0 Å². The predicted molar refractivity (Wildman–Crippen MR) is 117 cm³/mol. The first-order valence-electron chi connectivity index (χ1n) is 10.3. The number of anilines is 1. The largest absolute Gasteiger partial charge is 0.356 e. The van der Waals surface area contributed by atoms with Crippen LogP contribution in [0.25, 0.3) is 0 Å². The maximum Gasteiger partial charge on any atom is 0.225 e. The third-order valence-electron chi connectivity index (χ3n) is 5.04. The van der Waals surface area contributed by atoms with E-state index in [2.05, 4.69) is 15.3 Å². The molecule has 2 heterocycles. The van der Waals surface area contributed by atoms with Crippen LogP contribution in [-0.2, 0) is 14.8 Å². The van der Waals surface area contributed by atoms with E-state index in [0.29, 0.717) is 44.1 Å². The molecule has 1 saturated heterocycles. The van der Waals surface area contributed by atoms with Crippen molar-refractivity contribution >= 4 is 27.7 Å². The highest BCUT2D eigenvalue weighted by Crippen LogP contribution is 2.13. The van der Waals surface area contributed by atoms with Crippen molar-refractivity contribution in [2.45, 2.75) is 19.3 Å². The first-order chi connectivity index (χ1) is 15.0. The Morgan fingerprint density at radius 2 is 1.61 bits per heavy atom. The van der Waals surface area contributed by atoms with Gasteiger partial charge in [-0.15, -0.1) is 0 Å². The Hall–Kier alpha value is -2.85. The first-order valence-corrected chi connectivity index (χ1v) is 11.9. The van der Waals surface area contributed by atoms with Crippen molar-refractivity contribution in [3.05, 3.63) is 54.4 Å². The van der Waals surface area contributed by atoms with Crippen LogP contribution in [0.4, 0.5) is 5.95 Å². The smallest absolute Gasteiger partial charge is 0.225 e. The molecule has 3 rings (SSSR count). The number of nitrogens with zero attached hydrogens (tertiary/aromatic N) is 4. The number of sulfonamides is 1. The summed E-state index contributed by atoms with van der Waals surface area (Å²) in [6.45, 7) is 2.10. The number of carbonyl (C=O) groups excluding carboxylic acids is 2. The average Bonchev–Trinajstić information content (AvgIpc) is 2.81. The van der Waals surface area contributed by atoms with Gasteiger partial charge in [0.25, 0.3) is 0 Å². The zero-order chi connectivity index (χ0) is 22.1. The van der Waals surface area contributed by atoms with Gasteiger partial charge in [-0.3, -0.25) is 9.59 Å². The van der Waals surface area contributed by atoms with Gasteiger partial charge in [-0.05, 0) is 12.5 Å². The van der Waals surface area contributed by atoms with Gasteiger partial charge in [-0.2, -0.15) is 4.31 Å². The van der Waals surface area contributed by atoms with E-state index in [1.165, 1.54) is 4.31 Å². The highest BCUT2D eigenvalue weighted by atomic mass is 32.2. The Labute approximate surface area is 182 Å². The third kappa shape index (κ3) is 6.83. The maximum absolute atomic E-state index is 12.6. The van der Waals surface area contributed by atoms with Crippen LogP contribution in [0.2, 0.25) is 0 Å². The van der Waals surface area contributed by atoms with Gasteiger partial charge in [0.2, 0.25) is 21.9 Å². The number of Topliss-reactive ketones (excluding diaryl/α,β-unsaturated/α-hetero) is 1. The number of nitrogens with one attached hydrogen (secondary N) is 1. The molecule has 2 aromatic rings.